The fraction of sp³-hybridized carbons (Fsp3) is 1.00. The van der Waals surface area contributed by atoms with Crippen molar-refractivity contribution in [1.29, 1.82) is 0 Å². The van der Waals surface area contributed by atoms with Crippen molar-refractivity contribution in [2.45, 2.75) is 12.8 Å². The van der Waals surface area contributed by atoms with E-state index in [-0.39, 0.29) is 0 Å². The average Bonchev–Trinajstić information content (AvgIpc) is 2.74. The molecule has 0 atom stereocenters. The Morgan fingerprint density at radius 2 is 1.90 bits per heavy atom. The third-order valence-corrected chi connectivity index (χ3v) is 3.26. The van der Waals surface area contributed by atoms with Crippen LogP contribution in [0.2, 0.25) is 0 Å². The van der Waals surface area contributed by atoms with Gasteiger partial charge in [-0.2, -0.15) is 11.8 Å². The van der Waals surface area contributed by atoms with Crippen LogP contribution in [0.15, 0.2) is 0 Å². The molecule has 0 unspecified atom stereocenters. The van der Waals surface area contributed by atoms with E-state index < -0.39 is 0 Å². The maximum absolute atomic E-state index is 2.63. The normalized spacial score (nSPS) is 28.8. The van der Waals surface area contributed by atoms with Crippen molar-refractivity contribution in [2.75, 3.05) is 31.1 Å². The van der Waals surface area contributed by atoms with Crippen LogP contribution in [0, 0.1) is 5.92 Å². The maximum Gasteiger partial charge on any atom is 0.00728 e. The number of hydrogen-bond acceptors (Lipinski definition) is 2. The lowest BCUT2D eigenvalue weighted by Crippen LogP contribution is -2.34. The molecule has 0 aromatic rings. The van der Waals surface area contributed by atoms with Gasteiger partial charge < -0.3 is 4.90 Å². The zero-order valence-electron chi connectivity index (χ0n) is 6.38. The molecule has 0 radical (unpaired) electrons. The number of rotatable bonds is 2. The van der Waals surface area contributed by atoms with Crippen LogP contribution in [-0.2, 0) is 0 Å². The van der Waals surface area contributed by atoms with E-state index in [0.717, 1.165) is 5.92 Å². The molecule has 2 rings (SSSR count). The molecular weight excluding hydrogens is 142 g/mol. The van der Waals surface area contributed by atoms with E-state index >= 15 is 0 Å². The quantitative estimate of drug-likeness (QED) is 0.597. The van der Waals surface area contributed by atoms with Gasteiger partial charge in [-0.1, -0.05) is 0 Å². The van der Waals surface area contributed by atoms with Gasteiger partial charge in [0.15, 0.2) is 0 Å². The largest absolute Gasteiger partial charge is 0.301 e. The van der Waals surface area contributed by atoms with E-state index in [1.807, 2.05) is 0 Å². The molecule has 1 saturated heterocycles. The summed E-state index contributed by atoms with van der Waals surface area (Å²) in [6.45, 7) is 4.10. The zero-order valence-corrected chi connectivity index (χ0v) is 7.20. The van der Waals surface area contributed by atoms with Crippen LogP contribution in [0.5, 0.6) is 0 Å². The molecule has 2 heteroatoms. The Hall–Kier alpha value is 0.310. The Bertz CT molecular complexity index is 106. The summed E-state index contributed by atoms with van der Waals surface area (Å²) in [4.78, 5) is 2.63. The summed E-state index contributed by atoms with van der Waals surface area (Å²) in [6, 6.07) is 0. The van der Waals surface area contributed by atoms with E-state index in [4.69, 9.17) is 0 Å². The smallest absolute Gasteiger partial charge is 0.00728 e. The van der Waals surface area contributed by atoms with E-state index in [9.17, 15) is 0 Å². The number of nitrogens with zero attached hydrogens (tertiary/aromatic N) is 1. The summed E-state index contributed by atoms with van der Waals surface area (Å²) in [6.07, 6.45) is 3.01. The molecule has 1 aliphatic heterocycles. The molecule has 2 fully saturated rings. The minimum absolute atomic E-state index is 1.09. The minimum atomic E-state index is 1.09. The Kier molecular flexibility index (Phi) is 2.19. The van der Waals surface area contributed by atoms with Gasteiger partial charge in [0.2, 0.25) is 0 Å². The second-order valence-corrected chi connectivity index (χ2v) is 4.58. The Morgan fingerprint density at radius 3 is 2.50 bits per heavy atom. The Morgan fingerprint density at radius 1 is 1.20 bits per heavy atom. The van der Waals surface area contributed by atoms with Gasteiger partial charge in [-0.15, -0.1) is 0 Å². The third-order valence-electron chi connectivity index (χ3n) is 2.32. The van der Waals surface area contributed by atoms with E-state index in [1.165, 1.54) is 44.0 Å². The first-order chi connectivity index (χ1) is 4.95. The van der Waals surface area contributed by atoms with Gasteiger partial charge in [0, 0.05) is 31.1 Å². The van der Waals surface area contributed by atoms with Crippen molar-refractivity contribution in [3.05, 3.63) is 0 Å². The zero-order chi connectivity index (χ0) is 6.81. The van der Waals surface area contributed by atoms with Gasteiger partial charge in [-0.25, -0.2) is 0 Å². The Labute approximate surface area is 67.2 Å². The van der Waals surface area contributed by atoms with E-state index in [2.05, 4.69) is 16.7 Å². The van der Waals surface area contributed by atoms with Gasteiger partial charge in [-0.3, -0.25) is 0 Å². The van der Waals surface area contributed by atoms with Crippen molar-refractivity contribution < 1.29 is 0 Å². The monoisotopic (exact) mass is 157 g/mol. The maximum atomic E-state index is 2.63. The third kappa shape index (κ3) is 1.89. The first-order valence-electron chi connectivity index (χ1n) is 4.25. The van der Waals surface area contributed by atoms with Gasteiger partial charge in [0.25, 0.3) is 0 Å². The molecule has 1 aliphatic carbocycles. The van der Waals surface area contributed by atoms with Gasteiger partial charge >= 0.3 is 0 Å². The molecule has 1 nitrogen and oxygen atoms in total. The summed E-state index contributed by atoms with van der Waals surface area (Å²) in [5.41, 5.74) is 0. The standard InChI is InChI=1S/C8H15NS/c1-2-8(1)7-9-3-5-10-6-4-9/h8H,1-7H2. The molecule has 10 heavy (non-hydrogen) atoms. The summed E-state index contributed by atoms with van der Waals surface area (Å²) < 4.78 is 0. The highest BCUT2D eigenvalue weighted by molar-refractivity contribution is 7.99. The van der Waals surface area contributed by atoms with Gasteiger partial charge in [0.1, 0.15) is 0 Å². The van der Waals surface area contributed by atoms with Crippen molar-refractivity contribution in [1.82, 2.24) is 4.90 Å². The predicted octanol–water partition coefficient (Wildman–Crippen LogP) is 1.45. The number of hydrogen-bond donors (Lipinski definition) is 0. The summed E-state index contributed by atoms with van der Waals surface area (Å²) in [5.74, 6) is 3.82. The first-order valence-corrected chi connectivity index (χ1v) is 5.41. The molecule has 1 heterocycles. The van der Waals surface area contributed by atoms with E-state index in [1.54, 1.807) is 0 Å². The summed E-state index contributed by atoms with van der Waals surface area (Å²) >= 11 is 2.10. The van der Waals surface area contributed by atoms with Crippen molar-refractivity contribution >= 4 is 11.8 Å². The van der Waals surface area contributed by atoms with Crippen LogP contribution >= 0.6 is 11.8 Å². The fourth-order valence-electron chi connectivity index (χ4n) is 1.45. The van der Waals surface area contributed by atoms with Gasteiger partial charge in [-0.05, 0) is 18.8 Å². The molecule has 0 aromatic heterocycles. The highest BCUT2D eigenvalue weighted by atomic mass is 32.2. The molecule has 0 N–H and O–H groups in total. The molecule has 58 valence electrons. The lowest BCUT2D eigenvalue weighted by Gasteiger charge is -2.25. The summed E-state index contributed by atoms with van der Waals surface area (Å²) in [7, 11) is 0. The lowest BCUT2D eigenvalue weighted by atomic mass is 10.3. The van der Waals surface area contributed by atoms with Crippen molar-refractivity contribution in [3.8, 4) is 0 Å². The lowest BCUT2D eigenvalue weighted by molar-refractivity contribution is 0.290. The van der Waals surface area contributed by atoms with Crippen molar-refractivity contribution in [3.63, 3.8) is 0 Å². The van der Waals surface area contributed by atoms with Crippen molar-refractivity contribution in [2.24, 2.45) is 5.92 Å². The highest BCUT2D eigenvalue weighted by Gasteiger charge is 2.24. The molecule has 0 spiro atoms. The minimum Gasteiger partial charge on any atom is -0.301 e. The predicted molar refractivity (Wildman–Crippen MR) is 46.5 cm³/mol. The van der Waals surface area contributed by atoms with Crippen LogP contribution in [0.4, 0.5) is 0 Å². The molecule has 1 saturated carbocycles. The summed E-state index contributed by atoms with van der Waals surface area (Å²) in [5, 5.41) is 0. The molecule has 2 aliphatic rings. The fourth-order valence-corrected chi connectivity index (χ4v) is 2.43. The second kappa shape index (κ2) is 3.14. The van der Waals surface area contributed by atoms with Gasteiger partial charge in [0.05, 0.1) is 0 Å². The SMILES string of the molecule is C1CN(CC2CC2)CCS1. The molecule has 0 bridgehead atoms. The van der Waals surface area contributed by atoms with Crippen LogP contribution in [0.1, 0.15) is 12.8 Å². The molecule has 0 aromatic carbocycles. The number of thioether (sulfide) groups is 1. The van der Waals surface area contributed by atoms with Crippen LogP contribution < -0.4 is 0 Å². The second-order valence-electron chi connectivity index (χ2n) is 3.36. The highest BCUT2D eigenvalue weighted by Crippen LogP contribution is 2.30. The molecular formula is C8H15NS. The molecule has 0 amide bonds. The first kappa shape index (κ1) is 6.99. The van der Waals surface area contributed by atoms with Crippen LogP contribution in [0.3, 0.4) is 0 Å². The Balaban J connectivity index is 1.69. The average molecular weight is 157 g/mol. The van der Waals surface area contributed by atoms with E-state index in [0.29, 0.717) is 0 Å². The van der Waals surface area contributed by atoms with Crippen LogP contribution in [0.25, 0.3) is 0 Å². The topological polar surface area (TPSA) is 3.24 Å². The van der Waals surface area contributed by atoms with Crippen LogP contribution in [-0.4, -0.2) is 36.0 Å².